The van der Waals surface area contributed by atoms with Crippen molar-refractivity contribution in [3.63, 3.8) is 0 Å². The van der Waals surface area contributed by atoms with E-state index in [4.69, 9.17) is 0 Å². The molecule has 0 N–H and O–H groups in total. The minimum Gasteiger partial charge on any atom is -0.347 e. The van der Waals surface area contributed by atoms with Crippen LogP contribution in [0, 0.1) is 6.92 Å². The number of allylic oxidation sites excluding steroid dienone is 11. The highest BCUT2D eigenvalue weighted by Gasteiger charge is 2.08. The number of nitrogens with zero attached hydrogens (tertiary/aromatic N) is 3. The van der Waals surface area contributed by atoms with E-state index in [9.17, 15) is 0 Å². The lowest BCUT2D eigenvalue weighted by molar-refractivity contribution is 0.984. The Hall–Kier alpha value is -4.11. The Morgan fingerprint density at radius 2 is 1.36 bits per heavy atom. The van der Waals surface area contributed by atoms with Crippen molar-refractivity contribution in [2.24, 2.45) is 0 Å². The van der Waals surface area contributed by atoms with Crippen LogP contribution in [-0.4, -0.2) is 19.1 Å². The minimum absolute atomic E-state index is 0.693. The lowest BCUT2D eigenvalue weighted by atomic mass is 10.0. The van der Waals surface area contributed by atoms with Crippen molar-refractivity contribution < 1.29 is 0 Å². The number of rotatable bonds is 14. The van der Waals surface area contributed by atoms with Gasteiger partial charge in [0.25, 0.3) is 0 Å². The number of anilines is 2. The molecule has 0 aliphatic rings. The van der Waals surface area contributed by atoms with Crippen LogP contribution in [0.1, 0.15) is 44.9 Å². The highest BCUT2D eigenvalue weighted by atomic mass is 15.1. The summed E-state index contributed by atoms with van der Waals surface area (Å²) in [6.07, 6.45) is 16.7. The number of aromatic nitrogens is 1. The second-order valence-corrected chi connectivity index (χ2v) is 10.0. The normalized spacial score (nSPS) is 12.2. The first-order valence-corrected chi connectivity index (χ1v) is 13.4. The van der Waals surface area contributed by atoms with Gasteiger partial charge in [0, 0.05) is 37.4 Å². The Bertz CT molecular complexity index is 1320. The number of benzene rings is 1. The highest BCUT2D eigenvalue weighted by Crippen LogP contribution is 2.23. The van der Waals surface area contributed by atoms with Crippen LogP contribution in [0.3, 0.4) is 0 Å². The standard InChI is InChI=1S/C36H45N3/c1-11-34-36(17-14-24-37-34)39(10)33(8)23-21-30(5)26-28(3)19-18-27(2)25-29(4)20-22-32(7)38(9)35-16-13-12-15-31(35)6/h12-24H,2-4,7,11,25-26H2,1,5-6,8-10H3/b19-18-,22-20-,30-21+,33-23+. The molecule has 3 heteroatoms. The van der Waals surface area contributed by atoms with Gasteiger partial charge in [0.05, 0.1) is 11.4 Å². The Morgan fingerprint density at radius 3 is 2.00 bits per heavy atom. The van der Waals surface area contributed by atoms with Gasteiger partial charge < -0.3 is 9.80 Å². The van der Waals surface area contributed by atoms with Crippen LogP contribution in [0.25, 0.3) is 0 Å². The van der Waals surface area contributed by atoms with E-state index in [1.807, 2.05) is 55.7 Å². The second-order valence-electron chi connectivity index (χ2n) is 10.0. The average Bonchev–Trinajstić information content (AvgIpc) is 2.92. The molecule has 2 rings (SSSR count). The molecule has 1 heterocycles. The molecule has 204 valence electrons. The maximum atomic E-state index is 4.50. The van der Waals surface area contributed by atoms with Crippen molar-refractivity contribution in [3.8, 4) is 0 Å². The molecular weight excluding hydrogens is 474 g/mol. The van der Waals surface area contributed by atoms with Crippen LogP contribution in [0.4, 0.5) is 11.4 Å². The van der Waals surface area contributed by atoms with E-state index < -0.39 is 0 Å². The fourth-order valence-corrected chi connectivity index (χ4v) is 4.11. The molecule has 0 radical (unpaired) electrons. The van der Waals surface area contributed by atoms with E-state index in [-0.39, 0.29) is 0 Å². The topological polar surface area (TPSA) is 19.4 Å². The summed E-state index contributed by atoms with van der Waals surface area (Å²) >= 11 is 0. The lowest BCUT2D eigenvalue weighted by Gasteiger charge is -2.22. The first-order valence-electron chi connectivity index (χ1n) is 13.4. The number of para-hydroxylation sites is 1. The van der Waals surface area contributed by atoms with Crippen LogP contribution in [-0.2, 0) is 6.42 Å². The molecule has 0 saturated carbocycles. The van der Waals surface area contributed by atoms with Gasteiger partial charge >= 0.3 is 0 Å². The van der Waals surface area contributed by atoms with Crippen LogP contribution < -0.4 is 9.80 Å². The summed E-state index contributed by atoms with van der Waals surface area (Å²) in [5, 5.41) is 0. The molecule has 1 aromatic carbocycles. The minimum atomic E-state index is 0.693. The Balaban J connectivity index is 1.87. The predicted octanol–water partition coefficient (Wildman–Crippen LogP) is 9.45. The van der Waals surface area contributed by atoms with Crippen molar-refractivity contribution in [3.05, 3.63) is 150 Å². The highest BCUT2D eigenvalue weighted by molar-refractivity contribution is 5.58. The predicted molar refractivity (Wildman–Crippen MR) is 173 cm³/mol. The SMILES string of the molecule is C=C(/C=C\C(=C)C/C(C)=C/C=C(\C)N(C)c1cccnc1CC)CC(=C)/C=C\C(=C)N(C)c1ccccc1C. The molecule has 2 aromatic rings. The van der Waals surface area contributed by atoms with Crippen molar-refractivity contribution in [1.29, 1.82) is 0 Å². The number of hydrogen-bond donors (Lipinski definition) is 0. The third kappa shape index (κ3) is 9.94. The van der Waals surface area contributed by atoms with Gasteiger partial charge in [-0.05, 0) is 75.9 Å². The third-order valence-corrected chi connectivity index (χ3v) is 6.63. The molecule has 0 aliphatic carbocycles. The van der Waals surface area contributed by atoms with Crippen molar-refractivity contribution in [2.75, 3.05) is 23.9 Å². The molecule has 0 unspecified atom stereocenters. The van der Waals surface area contributed by atoms with Crippen LogP contribution in [0.5, 0.6) is 0 Å². The van der Waals surface area contributed by atoms with E-state index in [1.165, 1.54) is 11.1 Å². The van der Waals surface area contributed by atoms with Gasteiger partial charge in [0.15, 0.2) is 0 Å². The summed E-state index contributed by atoms with van der Waals surface area (Å²) in [6.45, 7) is 25.3. The first kappa shape index (κ1) is 31.1. The van der Waals surface area contributed by atoms with E-state index in [0.717, 1.165) is 58.0 Å². The molecule has 0 spiro atoms. The maximum absolute atomic E-state index is 4.50. The fourth-order valence-electron chi connectivity index (χ4n) is 4.11. The molecule has 0 fully saturated rings. The largest absolute Gasteiger partial charge is 0.347 e. The fraction of sp³-hybridized carbons (Fsp3) is 0.250. The lowest BCUT2D eigenvalue weighted by Crippen LogP contribution is -2.16. The maximum Gasteiger partial charge on any atom is 0.0637 e. The second kappa shape index (κ2) is 15.3. The van der Waals surface area contributed by atoms with Crippen molar-refractivity contribution >= 4 is 11.4 Å². The zero-order valence-corrected chi connectivity index (χ0v) is 24.8. The Labute approximate surface area is 237 Å². The molecule has 0 amide bonds. The van der Waals surface area contributed by atoms with E-state index >= 15 is 0 Å². The zero-order valence-electron chi connectivity index (χ0n) is 24.8. The number of aryl methyl sites for hydroxylation is 2. The van der Waals surface area contributed by atoms with Crippen LogP contribution >= 0.6 is 0 Å². The van der Waals surface area contributed by atoms with Gasteiger partial charge in [0.2, 0.25) is 0 Å². The Kier molecular flexibility index (Phi) is 12.2. The van der Waals surface area contributed by atoms with Gasteiger partial charge in [-0.25, -0.2) is 0 Å². The van der Waals surface area contributed by atoms with Crippen LogP contribution in [0.15, 0.2) is 139 Å². The molecule has 0 saturated heterocycles. The van der Waals surface area contributed by atoms with Gasteiger partial charge in [0.1, 0.15) is 0 Å². The van der Waals surface area contributed by atoms with Gasteiger partial charge in [-0.1, -0.05) is 98.0 Å². The quantitative estimate of drug-likeness (QED) is 0.232. The van der Waals surface area contributed by atoms with Crippen LogP contribution in [0.2, 0.25) is 0 Å². The molecular formula is C36H45N3. The molecule has 39 heavy (non-hydrogen) atoms. The van der Waals surface area contributed by atoms with E-state index in [1.54, 1.807) is 0 Å². The summed E-state index contributed by atoms with van der Waals surface area (Å²) in [7, 11) is 4.11. The molecule has 1 aromatic heterocycles. The van der Waals surface area contributed by atoms with E-state index in [0.29, 0.717) is 6.42 Å². The zero-order chi connectivity index (χ0) is 28.9. The van der Waals surface area contributed by atoms with Gasteiger partial charge in [-0.2, -0.15) is 0 Å². The summed E-state index contributed by atoms with van der Waals surface area (Å²) in [5.74, 6) is 0. The Morgan fingerprint density at radius 1 is 0.769 bits per heavy atom. The number of hydrogen-bond acceptors (Lipinski definition) is 3. The molecule has 0 atom stereocenters. The molecule has 0 aliphatic heterocycles. The van der Waals surface area contributed by atoms with E-state index in [2.05, 4.69) is 106 Å². The van der Waals surface area contributed by atoms with Gasteiger partial charge in [-0.3, -0.25) is 4.98 Å². The summed E-state index contributed by atoms with van der Waals surface area (Å²) in [6, 6.07) is 12.4. The summed E-state index contributed by atoms with van der Waals surface area (Å²) in [5.41, 5.74) is 10.9. The molecule has 3 nitrogen and oxygen atoms in total. The first-order chi connectivity index (χ1) is 18.5. The third-order valence-electron chi connectivity index (χ3n) is 6.63. The van der Waals surface area contributed by atoms with Crippen molar-refractivity contribution in [2.45, 2.75) is 47.0 Å². The smallest absolute Gasteiger partial charge is 0.0637 e. The molecule has 0 bridgehead atoms. The van der Waals surface area contributed by atoms with Crippen molar-refractivity contribution in [1.82, 2.24) is 4.98 Å². The summed E-state index contributed by atoms with van der Waals surface area (Å²) < 4.78 is 0. The summed E-state index contributed by atoms with van der Waals surface area (Å²) in [4.78, 5) is 8.77. The number of pyridine rings is 1. The monoisotopic (exact) mass is 519 g/mol. The average molecular weight is 520 g/mol. The number of likely N-dealkylation sites (N-methyl/N-ethyl adjacent to an activating group) is 1. The van der Waals surface area contributed by atoms with Gasteiger partial charge in [-0.15, -0.1) is 0 Å².